The van der Waals surface area contributed by atoms with Crippen LogP contribution in [0.5, 0.6) is 0 Å². The summed E-state index contributed by atoms with van der Waals surface area (Å²) in [4.78, 5) is 4.03. The molecule has 0 aliphatic rings. The van der Waals surface area contributed by atoms with Gasteiger partial charge in [-0.1, -0.05) is 23.7 Å². The van der Waals surface area contributed by atoms with E-state index in [9.17, 15) is 13.2 Å². The van der Waals surface area contributed by atoms with Gasteiger partial charge < -0.3 is 5.32 Å². The lowest BCUT2D eigenvalue weighted by Crippen LogP contribution is -2.06. The monoisotopic (exact) mass is 286 g/mol. The Labute approximate surface area is 113 Å². The molecule has 0 saturated carbocycles. The predicted octanol–water partition coefficient (Wildman–Crippen LogP) is 4.37. The average molecular weight is 287 g/mol. The third kappa shape index (κ3) is 3.86. The van der Waals surface area contributed by atoms with Crippen LogP contribution in [0, 0.1) is 0 Å². The molecule has 0 unspecified atom stereocenters. The molecule has 0 aliphatic heterocycles. The fourth-order valence-electron chi connectivity index (χ4n) is 1.48. The van der Waals surface area contributed by atoms with Crippen molar-refractivity contribution in [2.75, 3.05) is 5.32 Å². The largest absolute Gasteiger partial charge is 0.416 e. The maximum Gasteiger partial charge on any atom is 0.416 e. The lowest BCUT2D eigenvalue weighted by Gasteiger charge is -2.08. The molecule has 100 valence electrons. The third-order valence-corrected chi connectivity index (χ3v) is 2.71. The Morgan fingerprint density at radius 1 is 1.05 bits per heavy atom. The van der Waals surface area contributed by atoms with E-state index in [0.717, 1.165) is 17.7 Å². The highest BCUT2D eigenvalue weighted by Gasteiger charge is 2.29. The van der Waals surface area contributed by atoms with Gasteiger partial charge in [0.25, 0.3) is 0 Å². The number of nitrogens with one attached hydrogen (secondary N) is 1. The third-order valence-electron chi connectivity index (χ3n) is 2.48. The summed E-state index contributed by atoms with van der Waals surface area (Å²) in [7, 11) is 0. The SMILES string of the molecule is FC(F)(F)c1ccc(CNc2ccc(Cl)cn2)cc1. The summed E-state index contributed by atoms with van der Waals surface area (Å²) in [5.74, 6) is 0.615. The van der Waals surface area contributed by atoms with Gasteiger partial charge in [-0.2, -0.15) is 13.2 Å². The number of pyridine rings is 1. The van der Waals surface area contributed by atoms with Gasteiger partial charge >= 0.3 is 6.18 Å². The molecular formula is C13H10ClF3N2. The zero-order valence-corrected chi connectivity index (χ0v) is 10.5. The van der Waals surface area contributed by atoms with Gasteiger partial charge in [-0.15, -0.1) is 0 Å². The van der Waals surface area contributed by atoms with Crippen molar-refractivity contribution >= 4 is 17.4 Å². The van der Waals surface area contributed by atoms with Crippen LogP contribution in [-0.2, 0) is 12.7 Å². The minimum absolute atomic E-state index is 0.396. The highest BCUT2D eigenvalue weighted by molar-refractivity contribution is 6.30. The minimum atomic E-state index is -4.30. The summed E-state index contributed by atoms with van der Waals surface area (Å²) in [5, 5.41) is 3.52. The van der Waals surface area contributed by atoms with E-state index < -0.39 is 11.7 Å². The molecule has 0 aliphatic carbocycles. The second-order valence-corrected chi connectivity index (χ2v) is 4.35. The lowest BCUT2D eigenvalue weighted by molar-refractivity contribution is -0.137. The van der Waals surface area contributed by atoms with E-state index in [2.05, 4.69) is 10.3 Å². The van der Waals surface area contributed by atoms with Gasteiger partial charge in [-0.25, -0.2) is 4.98 Å². The van der Waals surface area contributed by atoms with Crippen molar-refractivity contribution in [2.24, 2.45) is 0 Å². The van der Waals surface area contributed by atoms with Crippen molar-refractivity contribution in [3.05, 3.63) is 58.7 Å². The second kappa shape index (κ2) is 5.48. The first-order valence-electron chi connectivity index (χ1n) is 5.47. The fraction of sp³-hybridized carbons (Fsp3) is 0.154. The van der Waals surface area contributed by atoms with Crippen molar-refractivity contribution in [3.8, 4) is 0 Å². The van der Waals surface area contributed by atoms with E-state index in [1.807, 2.05) is 0 Å². The van der Waals surface area contributed by atoms with Crippen LogP contribution in [-0.4, -0.2) is 4.98 Å². The molecule has 1 aromatic carbocycles. The number of alkyl halides is 3. The molecule has 0 radical (unpaired) electrons. The van der Waals surface area contributed by atoms with Crippen LogP contribution < -0.4 is 5.32 Å². The van der Waals surface area contributed by atoms with Crippen LogP contribution in [0.3, 0.4) is 0 Å². The highest BCUT2D eigenvalue weighted by atomic mass is 35.5. The van der Waals surface area contributed by atoms with E-state index in [0.29, 0.717) is 17.4 Å². The predicted molar refractivity (Wildman–Crippen MR) is 68.0 cm³/mol. The van der Waals surface area contributed by atoms with E-state index >= 15 is 0 Å². The van der Waals surface area contributed by atoms with Crippen LogP contribution in [0.25, 0.3) is 0 Å². The van der Waals surface area contributed by atoms with Crippen molar-refractivity contribution in [1.82, 2.24) is 4.98 Å². The van der Waals surface area contributed by atoms with E-state index in [1.54, 1.807) is 12.1 Å². The quantitative estimate of drug-likeness (QED) is 0.906. The fourth-order valence-corrected chi connectivity index (χ4v) is 1.60. The summed E-state index contributed by atoms with van der Waals surface area (Å²) in [6, 6.07) is 8.38. The molecule has 0 spiro atoms. The molecular weight excluding hydrogens is 277 g/mol. The molecule has 1 N–H and O–H groups in total. The second-order valence-electron chi connectivity index (χ2n) is 3.91. The first-order chi connectivity index (χ1) is 8.95. The van der Waals surface area contributed by atoms with Gasteiger partial charge in [-0.3, -0.25) is 0 Å². The normalized spacial score (nSPS) is 11.4. The maximum absolute atomic E-state index is 12.4. The number of anilines is 1. The number of hydrogen-bond acceptors (Lipinski definition) is 2. The van der Waals surface area contributed by atoms with Crippen LogP contribution in [0.2, 0.25) is 5.02 Å². The Bertz CT molecular complexity index is 535. The van der Waals surface area contributed by atoms with Crippen molar-refractivity contribution < 1.29 is 13.2 Å². The molecule has 19 heavy (non-hydrogen) atoms. The summed E-state index contributed by atoms with van der Waals surface area (Å²) >= 11 is 5.69. The molecule has 2 nitrogen and oxygen atoms in total. The highest BCUT2D eigenvalue weighted by Crippen LogP contribution is 2.29. The molecule has 6 heteroatoms. The molecule has 0 atom stereocenters. The topological polar surface area (TPSA) is 24.9 Å². The standard InChI is InChI=1S/C13H10ClF3N2/c14-11-5-6-12(19-8-11)18-7-9-1-3-10(4-2-9)13(15,16)17/h1-6,8H,7H2,(H,18,19). The molecule has 0 bridgehead atoms. The number of rotatable bonds is 3. The van der Waals surface area contributed by atoms with Gasteiger partial charge in [0.1, 0.15) is 5.82 Å². The van der Waals surface area contributed by atoms with Gasteiger partial charge in [0, 0.05) is 12.7 Å². The Morgan fingerprint density at radius 2 is 1.74 bits per heavy atom. The number of nitrogens with zero attached hydrogens (tertiary/aromatic N) is 1. The van der Waals surface area contributed by atoms with Gasteiger partial charge in [0.2, 0.25) is 0 Å². The first kappa shape index (κ1) is 13.7. The molecule has 1 heterocycles. The van der Waals surface area contributed by atoms with Gasteiger partial charge in [0.15, 0.2) is 0 Å². The van der Waals surface area contributed by atoms with Crippen LogP contribution >= 0.6 is 11.6 Å². The molecule has 0 saturated heterocycles. The number of aromatic nitrogens is 1. The molecule has 0 fully saturated rings. The lowest BCUT2D eigenvalue weighted by atomic mass is 10.1. The summed E-state index contributed by atoms with van der Waals surface area (Å²) in [6.07, 6.45) is -2.81. The van der Waals surface area contributed by atoms with Crippen molar-refractivity contribution in [3.63, 3.8) is 0 Å². The van der Waals surface area contributed by atoms with Crippen molar-refractivity contribution in [2.45, 2.75) is 12.7 Å². The summed E-state index contributed by atoms with van der Waals surface area (Å²) < 4.78 is 37.1. The maximum atomic E-state index is 12.4. The van der Waals surface area contributed by atoms with Crippen LogP contribution in [0.1, 0.15) is 11.1 Å². The Hall–Kier alpha value is -1.75. The number of halogens is 4. The van der Waals surface area contributed by atoms with E-state index in [4.69, 9.17) is 11.6 Å². The Kier molecular flexibility index (Phi) is 3.95. The smallest absolute Gasteiger partial charge is 0.366 e. The number of hydrogen-bond donors (Lipinski definition) is 1. The van der Waals surface area contributed by atoms with Crippen LogP contribution in [0.15, 0.2) is 42.6 Å². The Morgan fingerprint density at radius 3 is 2.26 bits per heavy atom. The molecule has 2 aromatic rings. The van der Waals surface area contributed by atoms with E-state index in [-0.39, 0.29) is 0 Å². The van der Waals surface area contributed by atoms with E-state index in [1.165, 1.54) is 18.3 Å². The molecule has 1 aromatic heterocycles. The minimum Gasteiger partial charge on any atom is -0.366 e. The summed E-state index contributed by atoms with van der Waals surface area (Å²) in [5.41, 5.74) is 0.0885. The first-order valence-corrected chi connectivity index (χ1v) is 5.84. The van der Waals surface area contributed by atoms with Gasteiger partial charge in [0.05, 0.1) is 10.6 Å². The number of benzene rings is 1. The Balaban J connectivity index is 1.98. The van der Waals surface area contributed by atoms with Gasteiger partial charge in [-0.05, 0) is 29.8 Å². The zero-order chi connectivity index (χ0) is 13.9. The molecule has 0 amide bonds. The van der Waals surface area contributed by atoms with Crippen LogP contribution in [0.4, 0.5) is 19.0 Å². The molecule has 2 rings (SSSR count). The zero-order valence-electron chi connectivity index (χ0n) is 9.71. The van der Waals surface area contributed by atoms with Crippen molar-refractivity contribution in [1.29, 1.82) is 0 Å². The average Bonchev–Trinajstić information content (AvgIpc) is 2.37. The summed E-state index contributed by atoms with van der Waals surface area (Å²) in [6.45, 7) is 0.396.